The highest BCUT2D eigenvalue weighted by atomic mass is 35.5. The van der Waals surface area contributed by atoms with Crippen LogP contribution in [0.5, 0.6) is 0 Å². The van der Waals surface area contributed by atoms with Crippen molar-refractivity contribution >= 4 is 41.1 Å². The van der Waals surface area contributed by atoms with Crippen LogP contribution < -0.4 is 0 Å². The fourth-order valence-corrected chi connectivity index (χ4v) is 7.24. The molecular formula is C41H36Cl2N4O3. The van der Waals surface area contributed by atoms with E-state index in [-0.39, 0.29) is 12.0 Å². The van der Waals surface area contributed by atoms with Gasteiger partial charge in [0.15, 0.2) is 11.5 Å². The lowest BCUT2D eigenvalue weighted by atomic mass is 9.95. The lowest BCUT2D eigenvalue weighted by Gasteiger charge is -2.27. The molecule has 0 unspecified atom stereocenters. The molecule has 9 heteroatoms. The summed E-state index contributed by atoms with van der Waals surface area (Å²) in [7, 11) is 0. The molecule has 0 aliphatic carbocycles. The van der Waals surface area contributed by atoms with Crippen LogP contribution in [0.3, 0.4) is 0 Å². The Morgan fingerprint density at radius 2 is 1.44 bits per heavy atom. The number of hydrogen-bond acceptors (Lipinski definition) is 6. The zero-order chi connectivity index (χ0) is 35.0. The highest BCUT2D eigenvalue weighted by Crippen LogP contribution is 2.42. The fourth-order valence-electron chi connectivity index (χ4n) is 6.57. The van der Waals surface area contributed by atoms with E-state index in [4.69, 9.17) is 27.9 Å². The van der Waals surface area contributed by atoms with Gasteiger partial charge in [-0.05, 0) is 69.0 Å². The van der Waals surface area contributed by atoms with Crippen LogP contribution in [-0.2, 0) is 16.1 Å². The number of halogens is 2. The minimum Gasteiger partial charge on any atom is -0.459 e. The zero-order valence-corrected chi connectivity index (χ0v) is 29.6. The Morgan fingerprint density at radius 3 is 2.08 bits per heavy atom. The Morgan fingerprint density at radius 1 is 0.820 bits per heavy atom. The molecule has 252 valence electrons. The van der Waals surface area contributed by atoms with Crippen molar-refractivity contribution < 1.29 is 14.3 Å². The third kappa shape index (κ3) is 6.81. The lowest BCUT2D eigenvalue weighted by molar-refractivity contribution is -0.160. The van der Waals surface area contributed by atoms with Gasteiger partial charge in [-0.25, -0.2) is 0 Å². The van der Waals surface area contributed by atoms with Crippen molar-refractivity contribution in [3.63, 3.8) is 0 Å². The molecule has 0 saturated carbocycles. The molecule has 0 bridgehead atoms. The van der Waals surface area contributed by atoms with Crippen molar-refractivity contribution in [3.8, 4) is 44.8 Å². The van der Waals surface area contributed by atoms with E-state index >= 15 is 0 Å². The number of fused-ring (bicyclic) bond motifs is 1. The van der Waals surface area contributed by atoms with Crippen LogP contribution in [0.25, 0.3) is 50.4 Å². The summed E-state index contributed by atoms with van der Waals surface area (Å²) < 4.78 is 7.64. The van der Waals surface area contributed by atoms with Gasteiger partial charge >= 0.3 is 5.97 Å². The number of pyridine rings is 1. The molecule has 1 saturated heterocycles. The third-order valence-corrected chi connectivity index (χ3v) is 9.82. The number of carbonyl (C=O) groups excluding carboxylic acids is 2. The Bertz CT molecular complexity index is 2210. The van der Waals surface area contributed by atoms with Crippen molar-refractivity contribution in [2.24, 2.45) is 0 Å². The van der Waals surface area contributed by atoms with Crippen molar-refractivity contribution in [2.45, 2.75) is 51.8 Å². The number of esters is 1. The van der Waals surface area contributed by atoms with Gasteiger partial charge in [-0.3, -0.25) is 18.9 Å². The normalized spacial score (nSPS) is 15.0. The van der Waals surface area contributed by atoms with Gasteiger partial charge in [-0.15, -0.1) is 10.2 Å². The quantitative estimate of drug-likeness (QED) is 0.116. The first-order valence-corrected chi connectivity index (χ1v) is 17.4. The van der Waals surface area contributed by atoms with Gasteiger partial charge in [-0.1, -0.05) is 108 Å². The SMILES string of the molecule is CC(C)(C)OC(=O)[C@H]1CCCN1Cc1ccc(-c2nnc3cc(-c4cccc(-c5cccc(-c6ccc(C=O)cc6)c5Cl)c4Cl)ccn23)cc1. The van der Waals surface area contributed by atoms with Crippen LogP contribution in [0.1, 0.15) is 49.5 Å². The maximum atomic E-state index is 12.8. The van der Waals surface area contributed by atoms with E-state index in [0.29, 0.717) is 27.8 Å². The van der Waals surface area contributed by atoms with E-state index in [1.54, 1.807) is 12.1 Å². The first-order chi connectivity index (χ1) is 24.1. The molecule has 0 N–H and O–H groups in total. The van der Waals surface area contributed by atoms with Gasteiger partial charge in [-0.2, -0.15) is 0 Å². The number of aldehydes is 1. The minimum atomic E-state index is -0.500. The van der Waals surface area contributed by atoms with Gasteiger partial charge < -0.3 is 4.74 Å². The van der Waals surface area contributed by atoms with E-state index in [2.05, 4.69) is 27.2 Å². The summed E-state index contributed by atoms with van der Waals surface area (Å²) in [5.74, 6) is 0.585. The van der Waals surface area contributed by atoms with E-state index in [0.717, 1.165) is 76.0 Å². The summed E-state index contributed by atoms with van der Waals surface area (Å²) in [5, 5.41) is 10.2. The van der Waals surface area contributed by atoms with Crippen molar-refractivity contribution in [3.05, 3.63) is 124 Å². The molecule has 6 aromatic rings. The second kappa shape index (κ2) is 13.8. The Balaban J connectivity index is 1.12. The molecule has 3 heterocycles. The fraction of sp³-hybridized carbons (Fsp3) is 0.220. The van der Waals surface area contributed by atoms with Crippen LogP contribution in [0.4, 0.5) is 0 Å². The molecule has 0 spiro atoms. The number of nitrogens with zero attached hydrogens (tertiary/aromatic N) is 4. The first kappa shape index (κ1) is 33.7. The number of aromatic nitrogens is 3. The largest absolute Gasteiger partial charge is 0.459 e. The van der Waals surface area contributed by atoms with E-state index in [1.807, 2.05) is 104 Å². The van der Waals surface area contributed by atoms with E-state index in [1.165, 1.54) is 0 Å². The van der Waals surface area contributed by atoms with Crippen molar-refractivity contribution in [1.29, 1.82) is 0 Å². The van der Waals surface area contributed by atoms with Crippen LogP contribution in [0.15, 0.2) is 103 Å². The van der Waals surface area contributed by atoms with E-state index in [9.17, 15) is 9.59 Å². The topological polar surface area (TPSA) is 76.8 Å². The van der Waals surface area contributed by atoms with Crippen molar-refractivity contribution in [1.82, 2.24) is 19.5 Å². The highest BCUT2D eigenvalue weighted by molar-refractivity contribution is 6.39. The predicted molar refractivity (Wildman–Crippen MR) is 199 cm³/mol. The first-order valence-electron chi connectivity index (χ1n) is 16.6. The lowest BCUT2D eigenvalue weighted by Crippen LogP contribution is -2.40. The molecule has 2 aromatic heterocycles. The number of carbonyl (C=O) groups is 2. The summed E-state index contributed by atoms with van der Waals surface area (Å²) in [6.45, 7) is 7.26. The second-order valence-electron chi connectivity index (χ2n) is 13.6. The third-order valence-electron chi connectivity index (χ3n) is 9.01. The average Bonchev–Trinajstić information content (AvgIpc) is 3.75. The Hall–Kier alpha value is -4.82. The summed E-state index contributed by atoms with van der Waals surface area (Å²) in [6, 6.07) is 31.2. The Kier molecular flexibility index (Phi) is 9.31. The van der Waals surface area contributed by atoms with Gasteiger partial charge in [0.05, 0.1) is 10.0 Å². The van der Waals surface area contributed by atoms with Gasteiger partial charge in [0.2, 0.25) is 0 Å². The molecule has 0 amide bonds. The molecule has 1 atom stereocenters. The second-order valence-corrected chi connectivity index (χ2v) is 14.4. The minimum absolute atomic E-state index is 0.147. The molecule has 50 heavy (non-hydrogen) atoms. The average molecular weight is 704 g/mol. The molecule has 7 rings (SSSR count). The van der Waals surface area contributed by atoms with Crippen LogP contribution in [0, 0.1) is 0 Å². The molecule has 1 fully saturated rings. The smallest absolute Gasteiger partial charge is 0.323 e. The number of benzene rings is 4. The monoisotopic (exact) mass is 702 g/mol. The predicted octanol–water partition coefficient (Wildman–Crippen LogP) is 9.82. The maximum absolute atomic E-state index is 12.8. The standard InChI is InChI=1S/C41H36Cl2N4O3/c1-41(2,3)50-40(49)35-11-6-21-46(35)24-26-12-18-29(19-13-26)39-45-44-36-23-30(20-22-47(36)39)32-8-5-10-34(38(32)43)33-9-4-7-31(37(33)42)28-16-14-27(25-48)15-17-28/h4-5,7-10,12-20,22-23,25,35H,6,11,21,24H2,1-3H3/t35-/m1/s1. The highest BCUT2D eigenvalue weighted by Gasteiger charge is 2.34. The van der Waals surface area contributed by atoms with Gasteiger partial charge in [0, 0.05) is 46.1 Å². The zero-order valence-electron chi connectivity index (χ0n) is 28.1. The summed E-state index contributed by atoms with van der Waals surface area (Å²) >= 11 is 14.1. The number of ether oxygens (including phenoxy) is 1. The number of rotatable bonds is 8. The van der Waals surface area contributed by atoms with Crippen LogP contribution in [0.2, 0.25) is 10.0 Å². The molecule has 4 aromatic carbocycles. The molecule has 7 nitrogen and oxygen atoms in total. The van der Waals surface area contributed by atoms with Crippen LogP contribution in [-0.4, -0.2) is 49.9 Å². The summed E-state index contributed by atoms with van der Waals surface area (Å²) in [4.78, 5) is 26.1. The molecule has 0 radical (unpaired) electrons. The number of hydrogen-bond donors (Lipinski definition) is 0. The maximum Gasteiger partial charge on any atom is 0.323 e. The Labute approximate surface area is 301 Å². The van der Waals surface area contributed by atoms with Gasteiger partial charge in [0.25, 0.3) is 0 Å². The summed E-state index contributed by atoms with van der Waals surface area (Å²) in [5.41, 5.74) is 8.01. The molecular weight excluding hydrogens is 667 g/mol. The van der Waals surface area contributed by atoms with Crippen LogP contribution >= 0.6 is 23.2 Å². The molecule has 1 aliphatic heterocycles. The summed E-state index contributed by atoms with van der Waals surface area (Å²) in [6.07, 6.45) is 4.58. The molecule has 1 aliphatic rings. The van der Waals surface area contributed by atoms with E-state index < -0.39 is 5.60 Å². The van der Waals surface area contributed by atoms with Crippen molar-refractivity contribution in [2.75, 3.05) is 6.54 Å². The van der Waals surface area contributed by atoms with Gasteiger partial charge in [0.1, 0.15) is 17.9 Å². The number of likely N-dealkylation sites (tertiary alicyclic amines) is 1.